The summed E-state index contributed by atoms with van der Waals surface area (Å²) in [6.07, 6.45) is 0. The van der Waals surface area contributed by atoms with Gasteiger partial charge in [0.2, 0.25) is 0 Å². The van der Waals surface area contributed by atoms with E-state index in [4.69, 9.17) is 16.0 Å². The minimum Gasteiger partial charge on any atom is -0.456 e. The molecule has 3 aromatic rings. The standard InChI is InChI=1S/C16H15ClO/c1-16(2,3)13-6-4-5-11-12-9-10(17)7-8-14(12)18-15(11)13/h4-9H,1-3H3. The molecule has 0 amide bonds. The molecule has 0 radical (unpaired) electrons. The van der Waals surface area contributed by atoms with Crippen molar-refractivity contribution in [2.24, 2.45) is 0 Å². The summed E-state index contributed by atoms with van der Waals surface area (Å²) in [5.74, 6) is 0. The molecule has 92 valence electrons. The summed E-state index contributed by atoms with van der Waals surface area (Å²) in [6.45, 7) is 6.59. The van der Waals surface area contributed by atoms with Gasteiger partial charge in [0, 0.05) is 21.4 Å². The van der Waals surface area contributed by atoms with Crippen molar-refractivity contribution in [3.8, 4) is 0 Å². The highest BCUT2D eigenvalue weighted by molar-refractivity contribution is 6.31. The Morgan fingerprint density at radius 2 is 1.78 bits per heavy atom. The molecule has 0 unspecified atom stereocenters. The maximum absolute atomic E-state index is 6.06. The third-order valence-electron chi connectivity index (χ3n) is 3.27. The van der Waals surface area contributed by atoms with E-state index in [2.05, 4.69) is 39.0 Å². The highest BCUT2D eigenvalue weighted by Crippen LogP contribution is 2.36. The second kappa shape index (κ2) is 3.76. The molecule has 0 fully saturated rings. The van der Waals surface area contributed by atoms with Crippen LogP contribution in [0.25, 0.3) is 21.9 Å². The van der Waals surface area contributed by atoms with E-state index in [1.807, 2.05) is 18.2 Å². The first-order valence-electron chi connectivity index (χ1n) is 6.08. The van der Waals surface area contributed by atoms with Crippen molar-refractivity contribution in [1.82, 2.24) is 0 Å². The van der Waals surface area contributed by atoms with Crippen molar-refractivity contribution in [3.63, 3.8) is 0 Å². The van der Waals surface area contributed by atoms with Crippen LogP contribution in [0.15, 0.2) is 40.8 Å². The predicted molar refractivity (Wildman–Crippen MR) is 77.4 cm³/mol. The predicted octanol–water partition coefficient (Wildman–Crippen LogP) is 5.54. The molecule has 2 aromatic carbocycles. The van der Waals surface area contributed by atoms with Crippen LogP contribution in [-0.4, -0.2) is 0 Å². The van der Waals surface area contributed by atoms with Gasteiger partial charge < -0.3 is 4.42 Å². The molecule has 3 rings (SSSR count). The summed E-state index contributed by atoms with van der Waals surface area (Å²) in [6, 6.07) is 12.1. The number of halogens is 1. The van der Waals surface area contributed by atoms with E-state index in [0.717, 1.165) is 27.0 Å². The molecule has 0 saturated heterocycles. The van der Waals surface area contributed by atoms with Crippen LogP contribution < -0.4 is 0 Å². The highest BCUT2D eigenvalue weighted by atomic mass is 35.5. The van der Waals surface area contributed by atoms with E-state index in [0.29, 0.717) is 0 Å². The number of furan rings is 1. The van der Waals surface area contributed by atoms with Crippen molar-refractivity contribution in [3.05, 3.63) is 47.0 Å². The SMILES string of the molecule is CC(C)(C)c1cccc2c1oc1ccc(Cl)cc12. The number of hydrogen-bond donors (Lipinski definition) is 0. The van der Waals surface area contributed by atoms with Crippen LogP contribution >= 0.6 is 11.6 Å². The fourth-order valence-corrected chi connectivity index (χ4v) is 2.53. The Labute approximate surface area is 111 Å². The lowest BCUT2D eigenvalue weighted by Gasteiger charge is -2.18. The van der Waals surface area contributed by atoms with Gasteiger partial charge in [0.25, 0.3) is 0 Å². The first kappa shape index (κ1) is 11.6. The van der Waals surface area contributed by atoms with E-state index in [1.54, 1.807) is 0 Å². The zero-order valence-corrected chi connectivity index (χ0v) is 11.5. The summed E-state index contributed by atoms with van der Waals surface area (Å²) in [5, 5.41) is 2.97. The van der Waals surface area contributed by atoms with Crippen molar-refractivity contribution < 1.29 is 4.42 Å². The number of para-hydroxylation sites is 1. The Bertz CT molecular complexity index is 732. The third-order valence-corrected chi connectivity index (χ3v) is 3.50. The molecule has 0 aliphatic carbocycles. The van der Waals surface area contributed by atoms with Crippen molar-refractivity contribution >= 4 is 33.5 Å². The van der Waals surface area contributed by atoms with Crippen LogP contribution in [-0.2, 0) is 5.41 Å². The van der Waals surface area contributed by atoms with Gasteiger partial charge in [-0.05, 0) is 23.6 Å². The molecule has 1 nitrogen and oxygen atoms in total. The number of benzene rings is 2. The average molecular weight is 259 g/mol. The van der Waals surface area contributed by atoms with Gasteiger partial charge in [-0.25, -0.2) is 0 Å². The maximum Gasteiger partial charge on any atom is 0.139 e. The second-order valence-corrected chi connectivity index (χ2v) is 6.11. The van der Waals surface area contributed by atoms with Crippen LogP contribution in [0.1, 0.15) is 26.3 Å². The van der Waals surface area contributed by atoms with E-state index >= 15 is 0 Å². The van der Waals surface area contributed by atoms with E-state index in [-0.39, 0.29) is 5.41 Å². The Hall–Kier alpha value is -1.47. The zero-order valence-electron chi connectivity index (χ0n) is 10.8. The van der Waals surface area contributed by atoms with E-state index in [1.165, 1.54) is 5.56 Å². The minimum atomic E-state index is 0.0666. The van der Waals surface area contributed by atoms with Crippen molar-refractivity contribution in [1.29, 1.82) is 0 Å². The summed E-state index contributed by atoms with van der Waals surface area (Å²) < 4.78 is 6.01. The first-order chi connectivity index (χ1) is 8.47. The van der Waals surface area contributed by atoms with Crippen LogP contribution in [0, 0.1) is 0 Å². The van der Waals surface area contributed by atoms with E-state index in [9.17, 15) is 0 Å². The molecular weight excluding hydrogens is 244 g/mol. The molecule has 18 heavy (non-hydrogen) atoms. The van der Waals surface area contributed by atoms with Gasteiger partial charge in [0.1, 0.15) is 11.2 Å². The minimum absolute atomic E-state index is 0.0666. The quantitative estimate of drug-likeness (QED) is 0.516. The van der Waals surface area contributed by atoms with Crippen molar-refractivity contribution in [2.45, 2.75) is 26.2 Å². The smallest absolute Gasteiger partial charge is 0.139 e. The molecule has 0 bridgehead atoms. The normalized spacial score (nSPS) is 12.4. The second-order valence-electron chi connectivity index (χ2n) is 5.67. The van der Waals surface area contributed by atoms with Gasteiger partial charge >= 0.3 is 0 Å². The molecule has 0 spiro atoms. The highest BCUT2D eigenvalue weighted by Gasteiger charge is 2.20. The van der Waals surface area contributed by atoms with Gasteiger partial charge in [-0.1, -0.05) is 50.6 Å². The first-order valence-corrected chi connectivity index (χ1v) is 6.46. The van der Waals surface area contributed by atoms with Crippen LogP contribution in [0.2, 0.25) is 5.02 Å². The van der Waals surface area contributed by atoms with Crippen LogP contribution in [0.5, 0.6) is 0 Å². The van der Waals surface area contributed by atoms with Gasteiger partial charge in [-0.2, -0.15) is 0 Å². The number of fused-ring (bicyclic) bond motifs is 3. The Morgan fingerprint density at radius 1 is 1.00 bits per heavy atom. The molecule has 0 aliphatic rings. The maximum atomic E-state index is 6.06. The fraction of sp³-hybridized carbons (Fsp3) is 0.250. The lowest BCUT2D eigenvalue weighted by atomic mass is 9.86. The molecule has 0 atom stereocenters. The lowest BCUT2D eigenvalue weighted by Crippen LogP contribution is -2.10. The van der Waals surface area contributed by atoms with Gasteiger partial charge in [0.05, 0.1) is 0 Å². The van der Waals surface area contributed by atoms with Gasteiger partial charge in [-0.3, -0.25) is 0 Å². The van der Waals surface area contributed by atoms with Gasteiger partial charge in [-0.15, -0.1) is 0 Å². The largest absolute Gasteiger partial charge is 0.456 e. The molecule has 1 heterocycles. The Kier molecular flexibility index (Phi) is 2.43. The lowest BCUT2D eigenvalue weighted by molar-refractivity contribution is 0.573. The molecular formula is C16H15ClO. The summed E-state index contributed by atoms with van der Waals surface area (Å²) in [5.41, 5.74) is 3.16. The summed E-state index contributed by atoms with van der Waals surface area (Å²) in [4.78, 5) is 0. The average Bonchev–Trinajstić information content (AvgIpc) is 2.65. The molecule has 0 saturated carbocycles. The van der Waals surface area contributed by atoms with E-state index < -0.39 is 0 Å². The molecule has 0 aliphatic heterocycles. The summed E-state index contributed by atoms with van der Waals surface area (Å²) >= 11 is 6.06. The van der Waals surface area contributed by atoms with Crippen molar-refractivity contribution in [2.75, 3.05) is 0 Å². The van der Waals surface area contributed by atoms with Crippen LogP contribution in [0.3, 0.4) is 0 Å². The number of rotatable bonds is 0. The van der Waals surface area contributed by atoms with Gasteiger partial charge in [0.15, 0.2) is 0 Å². The summed E-state index contributed by atoms with van der Waals surface area (Å²) in [7, 11) is 0. The Balaban J connectivity index is 2.47. The number of hydrogen-bond acceptors (Lipinski definition) is 1. The monoisotopic (exact) mass is 258 g/mol. The topological polar surface area (TPSA) is 13.1 Å². The zero-order chi connectivity index (χ0) is 12.9. The third kappa shape index (κ3) is 1.70. The molecule has 0 N–H and O–H groups in total. The Morgan fingerprint density at radius 3 is 2.50 bits per heavy atom. The van der Waals surface area contributed by atoms with Crippen LogP contribution in [0.4, 0.5) is 0 Å². The fourth-order valence-electron chi connectivity index (χ4n) is 2.36. The molecule has 1 aromatic heterocycles. The molecule has 2 heteroatoms.